The second-order valence-electron chi connectivity index (χ2n) is 3.36. The van der Waals surface area contributed by atoms with Crippen LogP contribution in [0.2, 0.25) is 0 Å². The summed E-state index contributed by atoms with van der Waals surface area (Å²) in [6.07, 6.45) is 0.756. The van der Waals surface area contributed by atoms with Crippen molar-refractivity contribution in [3.05, 3.63) is 0 Å². The summed E-state index contributed by atoms with van der Waals surface area (Å²) < 4.78 is 0. The van der Waals surface area contributed by atoms with E-state index >= 15 is 0 Å². The van der Waals surface area contributed by atoms with Crippen LogP contribution in [-0.2, 0) is 9.59 Å². The second-order valence-corrected chi connectivity index (χ2v) is 3.36. The molecule has 0 spiro atoms. The number of aliphatic carboxylic acids is 1. The molecule has 12 heavy (non-hydrogen) atoms. The van der Waals surface area contributed by atoms with Gasteiger partial charge in [0.05, 0.1) is 0 Å². The van der Waals surface area contributed by atoms with Crippen LogP contribution in [0, 0.1) is 11.8 Å². The van der Waals surface area contributed by atoms with Crippen molar-refractivity contribution in [2.24, 2.45) is 11.8 Å². The first-order valence-corrected chi connectivity index (χ1v) is 4.24. The molecule has 0 aliphatic heterocycles. The molecule has 1 unspecified atom stereocenters. The molecular formula is C9H16O3. The maximum absolute atomic E-state index is 11.2. The average molecular weight is 172 g/mol. The van der Waals surface area contributed by atoms with Gasteiger partial charge in [0.15, 0.2) is 0 Å². The Kier molecular flexibility index (Phi) is 4.55. The van der Waals surface area contributed by atoms with Crippen molar-refractivity contribution in [1.29, 1.82) is 0 Å². The van der Waals surface area contributed by atoms with Crippen LogP contribution < -0.4 is 0 Å². The van der Waals surface area contributed by atoms with E-state index in [9.17, 15) is 9.59 Å². The Hall–Kier alpha value is -0.860. The summed E-state index contributed by atoms with van der Waals surface area (Å²) in [5, 5.41) is 8.64. The van der Waals surface area contributed by atoms with Gasteiger partial charge in [0, 0.05) is 6.42 Å². The molecule has 0 aromatic rings. The van der Waals surface area contributed by atoms with Gasteiger partial charge in [-0.15, -0.1) is 0 Å². The zero-order valence-electron chi connectivity index (χ0n) is 7.83. The van der Waals surface area contributed by atoms with E-state index in [0.29, 0.717) is 12.8 Å². The normalized spacial score (nSPS) is 13.0. The molecule has 3 nitrogen and oxygen atoms in total. The number of carbonyl (C=O) groups excluding carboxylic acids is 1. The van der Waals surface area contributed by atoms with Crippen LogP contribution in [0.5, 0.6) is 0 Å². The van der Waals surface area contributed by atoms with Gasteiger partial charge in [0.1, 0.15) is 11.7 Å². The first-order valence-electron chi connectivity index (χ1n) is 4.24. The first kappa shape index (κ1) is 11.1. The Balaban J connectivity index is 4.13. The minimum absolute atomic E-state index is 0.153. The smallest absolute Gasteiger partial charge is 0.314 e. The summed E-state index contributed by atoms with van der Waals surface area (Å²) in [7, 11) is 0. The van der Waals surface area contributed by atoms with Gasteiger partial charge in [-0.05, 0) is 12.3 Å². The number of rotatable bonds is 5. The van der Waals surface area contributed by atoms with E-state index in [2.05, 4.69) is 0 Å². The molecule has 0 heterocycles. The standard InChI is InChI=1S/C9H16O3/c1-4-7(9(11)12)8(10)5-6(2)3/h6-7H,4-5H2,1-3H3,(H,11,12). The fourth-order valence-electron chi connectivity index (χ4n) is 1.08. The predicted octanol–water partition coefficient (Wildman–Crippen LogP) is 1.71. The lowest BCUT2D eigenvalue weighted by Gasteiger charge is -2.09. The number of hydrogen-bond acceptors (Lipinski definition) is 2. The largest absolute Gasteiger partial charge is 0.481 e. The van der Waals surface area contributed by atoms with Crippen molar-refractivity contribution < 1.29 is 14.7 Å². The lowest BCUT2D eigenvalue weighted by molar-refractivity contribution is -0.146. The zero-order valence-corrected chi connectivity index (χ0v) is 7.83. The summed E-state index contributed by atoms with van der Waals surface area (Å²) in [4.78, 5) is 21.8. The lowest BCUT2D eigenvalue weighted by Crippen LogP contribution is -2.23. The topological polar surface area (TPSA) is 54.4 Å². The van der Waals surface area contributed by atoms with E-state index in [1.54, 1.807) is 6.92 Å². The van der Waals surface area contributed by atoms with Crippen molar-refractivity contribution in [1.82, 2.24) is 0 Å². The number of carboxylic acid groups (broad SMARTS) is 1. The van der Waals surface area contributed by atoms with E-state index in [1.165, 1.54) is 0 Å². The van der Waals surface area contributed by atoms with Crippen molar-refractivity contribution in [2.45, 2.75) is 33.6 Å². The fourth-order valence-corrected chi connectivity index (χ4v) is 1.08. The molecule has 0 amide bonds. The maximum atomic E-state index is 11.2. The summed E-state index contributed by atoms with van der Waals surface area (Å²) in [5.74, 6) is -1.71. The Labute approximate surface area is 72.8 Å². The number of ketones is 1. The van der Waals surface area contributed by atoms with Gasteiger partial charge >= 0.3 is 5.97 Å². The van der Waals surface area contributed by atoms with Gasteiger partial charge in [-0.2, -0.15) is 0 Å². The molecule has 3 heteroatoms. The first-order chi connectivity index (χ1) is 5.49. The molecule has 70 valence electrons. The molecule has 0 rings (SSSR count). The lowest BCUT2D eigenvalue weighted by atomic mass is 9.94. The highest BCUT2D eigenvalue weighted by molar-refractivity contribution is 5.98. The molecule has 1 atom stereocenters. The highest BCUT2D eigenvalue weighted by Gasteiger charge is 2.23. The molecule has 0 fully saturated rings. The van der Waals surface area contributed by atoms with Crippen LogP contribution in [-0.4, -0.2) is 16.9 Å². The fraction of sp³-hybridized carbons (Fsp3) is 0.778. The van der Waals surface area contributed by atoms with Gasteiger partial charge in [0.25, 0.3) is 0 Å². The van der Waals surface area contributed by atoms with Crippen LogP contribution in [0.1, 0.15) is 33.6 Å². The van der Waals surface area contributed by atoms with E-state index in [-0.39, 0.29) is 11.7 Å². The third kappa shape index (κ3) is 3.51. The number of hydrogen-bond donors (Lipinski definition) is 1. The van der Waals surface area contributed by atoms with Crippen LogP contribution in [0.4, 0.5) is 0 Å². The Morgan fingerprint density at radius 1 is 1.33 bits per heavy atom. The molecule has 0 aromatic carbocycles. The third-order valence-corrected chi connectivity index (χ3v) is 1.70. The molecular weight excluding hydrogens is 156 g/mol. The van der Waals surface area contributed by atoms with Crippen molar-refractivity contribution in [3.63, 3.8) is 0 Å². The van der Waals surface area contributed by atoms with Crippen molar-refractivity contribution >= 4 is 11.8 Å². The Morgan fingerprint density at radius 2 is 1.83 bits per heavy atom. The predicted molar refractivity (Wildman–Crippen MR) is 45.9 cm³/mol. The van der Waals surface area contributed by atoms with E-state index in [0.717, 1.165) is 0 Å². The summed E-state index contributed by atoms with van der Waals surface area (Å²) >= 11 is 0. The SMILES string of the molecule is CCC(C(=O)O)C(=O)CC(C)C. The Bertz CT molecular complexity index is 173. The molecule has 0 radical (unpaired) electrons. The number of carbonyl (C=O) groups is 2. The van der Waals surface area contributed by atoms with Crippen LogP contribution in [0.3, 0.4) is 0 Å². The third-order valence-electron chi connectivity index (χ3n) is 1.70. The quantitative estimate of drug-likeness (QED) is 0.642. The van der Waals surface area contributed by atoms with E-state index in [4.69, 9.17) is 5.11 Å². The number of Topliss-reactive ketones (excluding diaryl/α,β-unsaturated/α-hetero) is 1. The molecule has 0 bridgehead atoms. The van der Waals surface area contributed by atoms with Gasteiger partial charge < -0.3 is 5.11 Å². The van der Waals surface area contributed by atoms with Crippen LogP contribution >= 0.6 is 0 Å². The minimum atomic E-state index is -0.997. The molecule has 0 aliphatic carbocycles. The second kappa shape index (κ2) is 4.91. The molecule has 0 aromatic heterocycles. The van der Waals surface area contributed by atoms with Crippen LogP contribution in [0.15, 0.2) is 0 Å². The van der Waals surface area contributed by atoms with Crippen molar-refractivity contribution in [2.75, 3.05) is 0 Å². The maximum Gasteiger partial charge on any atom is 0.314 e. The van der Waals surface area contributed by atoms with E-state index in [1.807, 2.05) is 13.8 Å². The van der Waals surface area contributed by atoms with Gasteiger partial charge in [-0.25, -0.2) is 0 Å². The van der Waals surface area contributed by atoms with Gasteiger partial charge in [0.2, 0.25) is 0 Å². The molecule has 0 aliphatic rings. The summed E-state index contributed by atoms with van der Waals surface area (Å²) in [6.45, 7) is 5.54. The molecule has 0 saturated heterocycles. The zero-order chi connectivity index (χ0) is 9.72. The average Bonchev–Trinajstić information content (AvgIpc) is 1.85. The van der Waals surface area contributed by atoms with Gasteiger partial charge in [-0.3, -0.25) is 9.59 Å². The molecule has 1 N–H and O–H groups in total. The van der Waals surface area contributed by atoms with Crippen molar-refractivity contribution in [3.8, 4) is 0 Å². The summed E-state index contributed by atoms with van der Waals surface area (Å²) in [5.41, 5.74) is 0. The minimum Gasteiger partial charge on any atom is -0.481 e. The highest BCUT2D eigenvalue weighted by atomic mass is 16.4. The van der Waals surface area contributed by atoms with Crippen LogP contribution in [0.25, 0.3) is 0 Å². The van der Waals surface area contributed by atoms with E-state index < -0.39 is 11.9 Å². The Morgan fingerprint density at radius 3 is 2.08 bits per heavy atom. The monoisotopic (exact) mass is 172 g/mol. The summed E-state index contributed by atoms with van der Waals surface area (Å²) in [6, 6.07) is 0. The molecule has 0 saturated carbocycles. The highest BCUT2D eigenvalue weighted by Crippen LogP contribution is 2.11. The number of carboxylic acids is 1. The van der Waals surface area contributed by atoms with Gasteiger partial charge in [-0.1, -0.05) is 20.8 Å².